The number of thioether (sulfide) groups is 1. The zero-order valence-electron chi connectivity index (χ0n) is 10.1. The highest BCUT2D eigenvalue weighted by atomic mass is 32.2. The van der Waals surface area contributed by atoms with Gasteiger partial charge in [-0.1, -0.05) is 6.92 Å². The first-order chi connectivity index (χ1) is 7.63. The van der Waals surface area contributed by atoms with Gasteiger partial charge in [-0.2, -0.15) is 11.8 Å². The first-order valence-corrected chi connectivity index (χ1v) is 6.66. The second kappa shape index (κ2) is 6.76. The van der Waals surface area contributed by atoms with Crippen LogP contribution < -0.4 is 5.32 Å². The molecule has 1 heterocycles. The number of aromatic nitrogens is 1. The molecule has 1 rings (SSSR count). The number of hydrogen-bond donors (Lipinski definition) is 2. The van der Waals surface area contributed by atoms with Gasteiger partial charge in [0, 0.05) is 23.7 Å². The van der Waals surface area contributed by atoms with Crippen LogP contribution in [0, 0.1) is 0 Å². The van der Waals surface area contributed by atoms with Gasteiger partial charge in [0.25, 0.3) is 0 Å². The zero-order valence-corrected chi connectivity index (χ0v) is 10.9. The molecule has 0 aliphatic heterocycles. The lowest BCUT2D eigenvalue weighted by atomic mass is 10.3. The maximum atomic E-state index is 9.39. The maximum absolute atomic E-state index is 9.39. The molecule has 0 aromatic carbocycles. The lowest BCUT2D eigenvalue weighted by Gasteiger charge is -2.14. The van der Waals surface area contributed by atoms with E-state index in [4.69, 9.17) is 0 Å². The van der Waals surface area contributed by atoms with Gasteiger partial charge in [-0.05, 0) is 31.5 Å². The molecule has 0 bridgehead atoms. The summed E-state index contributed by atoms with van der Waals surface area (Å²) in [5.74, 6) is 1.83. The summed E-state index contributed by atoms with van der Waals surface area (Å²) in [6.07, 6.45) is 1.56. The Morgan fingerprint density at radius 2 is 2.25 bits per heavy atom. The van der Waals surface area contributed by atoms with E-state index < -0.39 is 0 Å². The molecular formula is C12H20N2OS. The highest BCUT2D eigenvalue weighted by molar-refractivity contribution is 7.99. The predicted molar refractivity (Wildman–Crippen MR) is 70.8 cm³/mol. The van der Waals surface area contributed by atoms with E-state index in [1.807, 2.05) is 26.1 Å². The number of pyridine rings is 1. The molecule has 4 heteroatoms. The van der Waals surface area contributed by atoms with Crippen LogP contribution in [0.25, 0.3) is 0 Å². The zero-order chi connectivity index (χ0) is 12.0. The SMILES string of the molecule is CCNc1cc(CSC(C)C(C)O)ccn1. The van der Waals surface area contributed by atoms with E-state index in [-0.39, 0.29) is 11.4 Å². The molecule has 0 radical (unpaired) electrons. The Morgan fingerprint density at radius 3 is 2.88 bits per heavy atom. The summed E-state index contributed by atoms with van der Waals surface area (Å²) in [6, 6.07) is 4.08. The van der Waals surface area contributed by atoms with Crippen molar-refractivity contribution < 1.29 is 5.11 Å². The van der Waals surface area contributed by atoms with Gasteiger partial charge in [0.05, 0.1) is 6.10 Å². The Morgan fingerprint density at radius 1 is 1.50 bits per heavy atom. The Balaban J connectivity index is 2.50. The lowest BCUT2D eigenvalue weighted by molar-refractivity contribution is 0.196. The summed E-state index contributed by atoms with van der Waals surface area (Å²) in [6.45, 7) is 6.81. The van der Waals surface area contributed by atoms with Gasteiger partial charge in [-0.25, -0.2) is 4.98 Å². The maximum Gasteiger partial charge on any atom is 0.126 e. The molecule has 0 fully saturated rings. The average Bonchev–Trinajstić information content (AvgIpc) is 2.26. The van der Waals surface area contributed by atoms with E-state index in [0.717, 1.165) is 18.1 Å². The highest BCUT2D eigenvalue weighted by Gasteiger charge is 2.09. The second-order valence-electron chi connectivity index (χ2n) is 3.84. The number of anilines is 1. The highest BCUT2D eigenvalue weighted by Crippen LogP contribution is 2.20. The third kappa shape index (κ3) is 4.41. The Bertz CT molecular complexity index is 318. The Labute approximate surface area is 102 Å². The quantitative estimate of drug-likeness (QED) is 0.802. The van der Waals surface area contributed by atoms with Crippen molar-refractivity contribution >= 4 is 17.6 Å². The molecule has 16 heavy (non-hydrogen) atoms. The molecule has 0 amide bonds. The number of nitrogens with zero attached hydrogens (tertiary/aromatic N) is 1. The van der Waals surface area contributed by atoms with Crippen LogP contribution in [0.5, 0.6) is 0 Å². The van der Waals surface area contributed by atoms with Crippen molar-refractivity contribution in [1.82, 2.24) is 4.98 Å². The van der Waals surface area contributed by atoms with Gasteiger partial charge >= 0.3 is 0 Å². The van der Waals surface area contributed by atoms with Crippen LogP contribution in [0.1, 0.15) is 26.3 Å². The van der Waals surface area contributed by atoms with Gasteiger partial charge in [0.2, 0.25) is 0 Å². The van der Waals surface area contributed by atoms with Crippen LogP contribution in [0.4, 0.5) is 5.82 Å². The number of rotatable bonds is 6. The smallest absolute Gasteiger partial charge is 0.126 e. The van der Waals surface area contributed by atoms with E-state index in [9.17, 15) is 5.11 Å². The first kappa shape index (κ1) is 13.3. The molecule has 1 aromatic heterocycles. The van der Waals surface area contributed by atoms with Crippen LogP contribution in [0.2, 0.25) is 0 Å². The summed E-state index contributed by atoms with van der Waals surface area (Å²) >= 11 is 1.76. The van der Waals surface area contributed by atoms with Crippen molar-refractivity contribution in [3.63, 3.8) is 0 Å². The topological polar surface area (TPSA) is 45.1 Å². The van der Waals surface area contributed by atoms with E-state index in [0.29, 0.717) is 0 Å². The Hall–Kier alpha value is -0.740. The molecule has 2 atom stereocenters. The molecule has 90 valence electrons. The minimum absolute atomic E-state index is 0.260. The fraction of sp³-hybridized carbons (Fsp3) is 0.583. The van der Waals surface area contributed by atoms with Crippen molar-refractivity contribution in [2.75, 3.05) is 11.9 Å². The largest absolute Gasteiger partial charge is 0.392 e. The minimum Gasteiger partial charge on any atom is -0.392 e. The monoisotopic (exact) mass is 240 g/mol. The molecule has 0 aliphatic carbocycles. The van der Waals surface area contributed by atoms with Crippen molar-refractivity contribution in [3.05, 3.63) is 23.9 Å². The summed E-state index contributed by atoms with van der Waals surface area (Å²) in [4.78, 5) is 4.22. The molecule has 0 aliphatic rings. The summed E-state index contributed by atoms with van der Waals surface area (Å²) in [7, 11) is 0. The minimum atomic E-state index is -0.264. The first-order valence-electron chi connectivity index (χ1n) is 5.62. The third-order valence-electron chi connectivity index (χ3n) is 2.37. The third-order valence-corrected chi connectivity index (χ3v) is 3.79. The molecule has 0 spiro atoms. The Kier molecular flexibility index (Phi) is 5.63. The predicted octanol–water partition coefficient (Wildman–Crippen LogP) is 2.52. The van der Waals surface area contributed by atoms with Crippen LogP contribution in [-0.2, 0) is 5.75 Å². The fourth-order valence-corrected chi connectivity index (χ4v) is 2.12. The van der Waals surface area contributed by atoms with E-state index in [1.165, 1.54) is 5.56 Å². The molecule has 1 aromatic rings. The summed E-state index contributed by atoms with van der Waals surface area (Å²) < 4.78 is 0. The standard InChI is InChI=1S/C12H20N2OS/c1-4-13-12-7-11(5-6-14-12)8-16-10(3)9(2)15/h5-7,9-10,15H,4,8H2,1-3H3,(H,13,14). The molecule has 0 saturated heterocycles. The van der Waals surface area contributed by atoms with Crippen molar-refractivity contribution in [3.8, 4) is 0 Å². The number of aliphatic hydroxyl groups is 1. The molecular weight excluding hydrogens is 220 g/mol. The summed E-state index contributed by atoms with van der Waals surface area (Å²) in [5, 5.41) is 12.8. The fourth-order valence-electron chi connectivity index (χ4n) is 1.21. The van der Waals surface area contributed by atoms with E-state index >= 15 is 0 Å². The normalized spacial score (nSPS) is 14.5. The lowest BCUT2D eigenvalue weighted by Crippen LogP contribution is -2.15. The van der Waals surface area contributed by atoms with Crippen LogP contribution in [0.3, 0.4) is 0 Å². The molecule has 3 nitrogen and oxygen atoms in total. The number of nitrogens with one attached hydrogen (secondary N) is 1. The number of hydrogen-bond acceptors (Lipinski definition) is 4. The number of aliphatic hydroxyl groups excluding tert-OH is 1. The second-order valence-corrected chi connectivity index (χ2v) is 5.20. The van der Waals surface area contributed by atoms with Gasteiger partial charge < -0.3 is 10.4 Å². The van der Waals surface area contributed by atoms with Crippen molar-refractivity contribution in [1.29, 1.82) is 0 Å². The molecule has 2 unspecified atom stereocenters. The van der Waals surface area contributed by atoms with Gasteiger partial charge in [-0.3, -0.25) is 0 Å². The van der Waals surface area contributed by atoms with Crippen molar-refractivity contribution in [2.24, 2.45) is 0 Å². The van der Waals surface area contributed by atoms with E-state index in [2.05, 4.69) is 23.3 Å². The van der Waals surface area contributed by atoms with E-state index in [1.54, 1.807) is 11.8 Å². The molecule has 2 N–H and O–H groups in total. The van der Waals surface area contributed by atoms with Crippen LogP contribution >= 0.6 is 11.8 Å². The van der Waals surface area contributed by atoms with Gasteiger partial charge in [0.15, 0.2) is 0 Å². The molecule has 0 saturated carbocycles. The van der Waals surface area contributed by atoms with Crippen LogP contribution in [-0.4, -0.2) is 28.0 Å². The van der Waals surface area contributed by atoms with Crippen LogP contribution in [0.15, 0.2) is 18.3 Å². The average molecular weight is 240 g/mol. The van der Waals surface area contributed by atoms with Gasteiger partial charge in [0.1, 0.15) is 5.82 Å². The van der Waals surface area contributed by atoms with Crippen molar-refractivity contribution in [2.45, 2.75) is 37.9 Å². The van der Waals surface area contributed by atoms with Gasteiger partial charge in [-0.15, -0.1) is 0 Å². The summed E-state index contributed by atoms with van der Waals surface area (Å²) in [5.41, 5.74) is 1.24.